The van der Waals surface area contributed by atoms with Crippen LogP contribution in [0.1, 0.15) is 20.8 Å². The van der Waals surface area contributed by atoms with Crippen LogP contribution in [0.4, 0.5) is 0 Å². The predicted molar refractivity (Wildman–Crippen MR) is 53.5 cm³/mol. The summed E-state index contributed by atoms with van der Waals surface area (Å²) in [6.45, 7) is 7.25. The molecular formula is C10H19NO2. The van der Waals surface area contributed by atoms with Gasteiger partial charge in [-0.05, 0) is 20.8 Å². The number of hydrogen-bond acceptors (Lipinski definition) is 3. The SMILES string of the molecule is CC=CCN(CC(=O)OC)C(C)C. The Kier molecular flexibility index (Phi) is 6.24. The molecule has 0 amide bonds. The van der Waals surface area contributed by atoms with E-state index in [1.165, 1.54) is 7.11 Å². The summed E-state index contributed by atoms with van der Waals surface area (Å²) >= 11 is 0. The first-order valence-electron chi connectivity index (χ1n) is 4.53. The van der Waals surface area contributed by atoms with Crippen molar-refractivity contribution in [2.24, 2.45) is 0 Å². The van der Waals surface area contributed by atoms with Gasteiger partial charge in [-0.1, -0.05) is 12.2 Å². The summed E-state index contributed by atoms with van der Waals surface area (Å²) in [6.07, 6.45) is 4.01. The highest BCUT2D eigenvalue weighted by Gasteiger charge is 2.12. The molecule has 13 heavy (non-hydrogen) atoms. The van der Waals surface area contributed by atoms with Crippen LogP contribution >= 0.6 is 0 Å². The van der Waals surface area contributed by atoms with Crippen LogP contribution in [-0.2, 0) is 9.53 Å². The molecule has 3 nitrogen and oxygen atoms in total. The highest BCUT2D eigenvalue weighted by atomic mass is 16.5. The molecule has 0 aliphatic heterocycles. The van der Waals surface area contributed by atoms with Crippen molar-refractivity contribution in [1.82, 2.24) is 4.90 Å². The van der Waals surface area contributed by atoms with Crippen LogP contribution in [-0.4, -0.2) is 37.1 Å². The maximum absolute atomic E-state index is 11.0. The van der Waals surface area contributed by atoms with Gasteiger partial charge in [-0.25, -0.2) is 0 Å². The van der Waals surface area contributed by atoms with Gasteiger partial charge in [0.05, 0.1) is 13.7 Å². The predicted octanol–water partition coefficient (Wildman–Crippen LogP) is 1.45. The Morgan fingerprint density at radius 2 is 2.15 bits per heavy atom. The summed E-state index contributed by atoms with van der Waals surface area (Å²) in [7, 11) is 1.41. The van der Waals surface area contributed by atoms with E-state index in [1.54, 1.807) is 0 Å². The summed E-state index contributed by atoms with van der Waals surface area (Å²) < 4.78 is 4.61. The van der Waals surface area contributed by atoms with E-state index in [9.17, 15) is 4.79 Å². The van der Waals surface area contributed by atoms with Gasteiger partial charge in [0.25, 0.3) is 0 Å². The standard InChI is InChI=1S/C10H19NO2/c1-5-6-7-11(9(2)3)8-10(12)13-4/h5-6,9H,7-8H2,1-4H3. The van der Waals surface area contributed by atoms with Gasteiger partial charge in [-0.15, -0.1) is 0 Å². The summed E-state index contributed by atoms with van der Waals surface area (Å²) in [5.74, 6) is -0.182. The summed E-state index contributed by atoms with van der Waals surface area (Å²) in [5.41, 5.74) is 0. The Bertz CT molecular complexity index is 176. The second-order valence-corrected chi connectivity index (χ2v) is 3.17. The van der Waals surface area contributed by atoms with E-state index in [0.717, 1.165) is 6.54 Å². The van der Waals surface area contributed by atoms with E-state index in [4.69, 9.17) is 0 Å². The number of hydrogen-bond donors (Lipinski definition) is 0. The molecule has 0 aromatic carbocycles. The molecule has 0 saturated heterocycles. The average Bonchev–Trinajstić information content (AvgIpc) is 2.11. The van der Waals surface area contributed by atoms with E-state index in [0.29, 0.717) is 12.6 Å². The lowest BCUT2D eigenvalue weighted by Gasteiger charge is -2.23. The Balaban J connectivity index is 4.01. The number of allylic oxidation sites excluding steroid dienone is 1. The average molecular weight is 185 g/mol. The van der Waals surface area contributed by atoms with Crippen LogP contribution < -0.4 is 0 Å². The minimum Gasteiger partial charge on any atom is -0.468 e. The normalized spacial score (nSPS) is 11.5. The summed E-state index contributed by atoms with van der Waals surface area (Å²) in [5, 5.41) is 0. The van der Waals surface area contributed by atoms with E-state index in [-0.39, 0.29) is 5.97 Å². The van der Waals surface area contributed by atoms with Gasteiger partial charge < -0.3 is 4.74 Å². The van der Waals surface area contributed by atoms with Crippen LogP contribution in [0, 0.1) is 0 Å². The highest BCUT2D eigenvalue weighted by molar-refractivity contribution is 5.71. The first kappa shape index (κ1) is 12.2. The molecular weight excluding hydrogens is 166 g/mol. The second kappa shape index (κ2) is 6.66. The first-order valence-corrected chi connectivity index (χ1v) is 4.53. The van der Waals surface area contributed by atoms with Gasteiger partial charge >= 0.3 is 5.97 Å². The van der Waals surface area contributed by atoms with Crippen molar-refractivity contribution in [2.45, 2.75) is 26.8 Å². The minimum absolute atomic E-state index is 0.182. The molecule has 0 radical (unpaired) electrons. The molecule has 0 bridgehead atoms. The number of nitrogens with zero attached hydrogens (tertiary/aromatic N) is 1. The van der Waals surface area contributed by atoms with Crippen LogP contribution in [0.2, 0.25) is 0 Å². The Labute approximate surface area is 80.4 Å². The quantitative estimate of drug-likeness (QED) is 0.479. The lowest BCUT2D eigenvalue weighted by Crippen LogP contribution is -2.36. The monoisotopic (exact) mass is 185 g/mol. The minimum atomic E-state index is -0.182. The molecule has 0 aliphatic rings. The Hall–Kier alpha value is -0.830. The van der Waals surface area contributed by atoms with Gasteiger partial charge in [-0.3, -0.25) is 9.69 Å². The molecule has 0 N–H and O–H groups in total. The van der Waals surface area contributed by atoms with E-state index in [1.807, 2.05) is 24.0 Å². The Morgan fingerprint density at radius 3 is 2.54 bits per heavy atom. The van der Waals surface area contributed by atoms with Gasteiger partial charge in [0, 0.05) is 12.6 Å². The van der Waals surface area contributed by atoms with E-state index < -0.39 is 0 Å². The van der Waals surface area contributed by atoms with Crippen molar-refractivity contribution in [3.63, 3.8) is 0 Å². The molecule has 0 aliphatic carbocycles. The van der Waals surface area contributed by atoms with Crippen molar-refractivity contribution in [3.05, 3.63) is 12.2 Å². The number of ether oxygens (including phenoxy) is 1. The molecule has 0 aromatic heterocycles. The fraction of sp³-hybridized carbons (Fsp3) is 0.700. The third-order valence-corrected chi connectivity index (χ3v) is 1.87. The fourth-order valence-electron chi connectivity index (χ4n) is 0.929. The van der Waals surface area contributed by atoms with Crippen LogP contribution in [0.3, 0.4) is 0 Å². The molecule has 3 heteroatoms. The van der Waals surface area contributed by atoms with E-state index >= 15 is 0 Å². The first-order chi connectivity index (χ1) is 6.11. The van der Waals surface area contributed by atoms with Gasteiger partial charge in [-0.2, -0.15) is 0 Å². The Morgan fingerprint density at radius 1 is 1.54 bits per heavy atom. The van der Waals surface area contributed by atoms with Crippen molar-refractivity contribution >= 4 is 5.97 Å². The number of methoxy groups -OCH3 is 1. The van der Waals surface area contributed by atoms with Crippen molar-refractivity contribution in [1.29, 1.82) is 0 Å². The molecule has 0 saturated carbocycles. The van der Waals surface area contributed by atoms with Gasteiger partial charge in [0.1, 0.15) is 0 Å². The number of esters is 1. The summed E-state index contributed by atoms with van der Waals surface area (Å²) in [6, 6.07) is 0.357. The van der Waals surface area contributed by atoms with E-state index in [2.05, 4.69) is 18.6 Å². The maximum Gasteiger partial charge on any atom is 0.319 e. The number of carbonyl (C=O) groups is 1. The third kappa shape index (κ3) is 5.42. The zero-order valence-corrected chi connectivity index (χ0v) is 8.91. The largest absolute Gasteiger partial charge is 0.468 e. The third-order valence-electron chi connectivity index (χ3n) is 1.87. The maximum atomic E-state index is 11.0. The van der Waals surface area contributed by atoms with Crippen molar-refractivity contribution < 1.29 is 9.53 Å². The zero-order valence-electron chi connectivity index (χ0n) is 8.91. The highest BCUT2D eigenvalue weighted by Crippen LogP contribution is 1.98. The molecule has 0 unspecified atom stereocenters. The van der Waals surface area contributed by atoms with Crippen LogP contribution in [0.5, 0.6) is 0 Å². The molecule has 0 rings (SSSR count). The summed E-state index contributed by atoms with van der Waals surface area (Å²) in [4.78, 5) is 13.0. The molecule has 0 aromatic rings. The smallest absolute Gasteiger partial charge is 0.319 e. The topological polar surface area (TPSA) is 29.5 Å². The second-order valence-electron chi connectivity index (χ2n) is 3.17. The lowest BCUT2D eigenvalue weighted by molar-refractivity contribution is -0.142. The molecule has 0 spiro atoms. The molecule has 76 valence electrons. The molecule has 0 fully saturated rings. The van der Waals surface area contributed by atoms with Gasteiger partial charge in [0.15, 0.2) is 0 Å². The lowest BCUT2D eigenvalue weighted by atomic mass is 10.3. The van der Waals surface area contributed by atoms with Crippen molar-refractivity contribution in [2.75, 3.05) is 20.2 Å². The van der Waals surface area contributed by atoms with Crippen LogP contribution in [0.25, 0.3) is 0 Å². The van der Waals surface area contributed by atoms with Crippen molar-refractivity contribution in [3.8, 4) is 0 Å². The number of rotatable bonds is 5. The fourth-order valence-corrected chi connectivity index (χ4v) is 0.929. The van der Waals surface area contributed by atoms with Gasteiger partial charge in [0.2, 0.25) is 0 Å². The number of carbonyl (C=O) groups excluding carboxylic acids is 1. The molecule has 0 atom stereocenters. The zero-order chi connectivity index (χ0) is 10.3. The van der Waals surface area contributed by atoms with Crippen LogP contribution in [0.15, 0.2) is 12.2 Å². The molecule has 0 heterocycles.